The molecule has 290 valence electrons. The second-order valence-corrected chi connectivity index (χ2v) is 15.9. The standard InChI is InChI=1S/C43H84N2O4/c1-6-8-10-12-14-16-18-20-22-24-26-28-30-32-34-36-40(46)44-39(42(48)45-43(3,4)5)38-49-41(47)37-35-33-31-29-27-25-23-21-19-17-15-13-11-9-7-2/h39H,6-38H2,1-5H3,(H,44,46)(H,45,48). The summed E-state index contributed by atoms with van der Waals surface area (Å²) < 4.78 is 5.48. The maximum absolute atomic E-state index is 12.9. The molecule has 6 nitrogen and oxygen atoms in total. The molecular weight excluding hydrogens is 608 g/mol. The third-order valence-electron chi connectivity index (χ3n) is 9.55. The van der Waals surface area contributed by atoms with Crippen molar-refractivity contribution in [2.45, 2.75) is 252 Å². The van der Waals surface area contributed by atoms with Crippen molar-refractivity contribution >= 4 is 17.8 Å². The number of amides is 2. The van der Waals surface area contributed by atoms with Crippen LogP contribution in [0.15, 0.2) is 0 Å². The van der Waals surface area contributed by atoms with E-state index in [0.717, 1.165) is 38.5 Å². The molecule has 0 fully saturated rings. The van der Waals surface area contributed by atoms with E-state index >= 15 is 0 Å². The van der Waals surface area contributed by atoms with Gasteiger partial charge in [-0.2, -0.15) is 0 Å². The molecular formula is C43H84N2O4. The number of unbranched alkanes of at least 4 members (excludes halogenated alkanes) is 28. The van der Waals surface area contributed by atoms with E-state index < -0.39 is 11.6 Å². The van der Waals surface area contributed by atoms with Crippen LogP contribution in [0.25, 0.3) is 0 Å². The van der Waals surface area contributed by atoms with E-state index in [4.69, 9.17) is 4.74 Å². The maximum atomic E-state index is 12.9. The van der Waals surface area contributed by atoms with Crippen molar-refractivity contribution in [1.29, 1.82) is 0 Å². The van der Waals surface area contributed by atoms with Crippen LogP contribution in [-0.4, -0.2) is 36.0 Å². The molecule has 0 rings (SSSR count). The number of carbonyl (C=O) groups excluding carboxylic acids is 3. The third kappa shape index (κ3) is 36.0. The smallest absolute Gasteiger partial charge is 0.305 e. The van der Waals surface area contributed by atoms with Gasteiger partial charge in [-0.3, -0.25) is 14.4 Å². The van der Waals surface area contributed by atoms with E-state index in [9.17, 15) is 14.4 Å². The van der Waals surface area contributed by atoms with Crippen LogP contribution in [0.3, 0.4) is 0 Å². The predicted octanol–water partition coefficient (Wildman–Crippen LogP) is 12.5. The van der Waals surface area contributed by atoms with Crippen LogP contribution < -0.4 is 10.6 Å². The first-order chi connectivity index (χ1) is 23.7. The first kappa shape index (κ1) is 47.4. The van der Waals surface area contributed by atoms with Crippen LogP contribution in [0, 0.1) is 0 Å². The molecule has 0 aliphatic heterocycles. The largest absolute Gasteiger partial charge is 0.463 e. The summed E-state index contributed by atoms with van der Waals surface area (Å²) in [6.07, 6.45) is 39.2. The molecule has 1 atom stereocenters. The van der Waals surface area contributed by atoms with Gasteiger partial charge in [-0.25, -0.2) is 0 Å². The Hall–Kier alpha value is -1.59. The Bertz CT molecular complexity index is 763. The Morgan fingerprint density at radius 2 is 0.776 bits per heavy atom. The third-order valence-corrected chi connectivity index (χ3v) is 9.55. The van der Waals surface area contributed by atoms with Crippen LogP contribution in [0.4, 0.5) is 0 Å². The van der Waals surface area contributed by atoms with Crippen molar-refractivity contribution in [1.82, 2.24) is 10.6 Å². The summed E-state index contributed by atoms with van der Waals surface area (Å²) in [7, 11) is 0. The quantitative estimate of drug-likeness (QED) is 0.0505. The second kappa shape index (κ2) is 34.8. The van der Waals surface area contributed by atoms with E-state index in [1.807, 2.05) is 20.8 Å². The molecule has 0 aromatic heterocycles. The lowest BCUT2D eigenvalue weighted by Crippen LogP contribution is -2.54. The summed E-state index contributed by atoms with van der Waals surface area (Å²) in [5.74, 6) is -0.751. The fraction of sp³-hybridized carbons (Fsp3) is 0.930. The summed E-state index contributed by atoms with van der Waals surface area (Å²) in [5, 5.41) is 5.76. The molecule has 0 saturated heterocycles. The topological polar surface area (TPSA) is 84.5 Å². The van der Waals surface area contributed by atoms with Gasteiger partial charge in [0.2, 0.25) is 11.8 Å². The van der Waals surface area contributed by atoms with Gasteiger partial charge in [0.1, 0.15) is 12.6 Å². The van der Waals surface area contributed by atoms with E-state index in [1.165, 1.54) is 154 Å². The minimum atomic E-state index is -0.868. The van der Waals surface area contributed by atoms with Crippen LogP contribution in [-0.2, 0) is 19.1 Å². The van der Waals surface area contributed by atoms with Crippen molar-refractivity contribution in [2.75, 3.05) is 6.61 Å². The highest BCUT2D eigenvalue weighted by Gasteiger charge is 2.26. The monoisotopic (exact) mass is 693 g/mol. The Labute approximate surface area is 305 Å². The lowest BCUT2D eigenvalue weighted by atomic mass is 10.0. The van der Waals surface area contributed by atoms with Gasteiger partial charge in [-0.1, -0.05) is 194 Å². The molecule has 0 aliphatic carbocycles. The number of ether oxygens (including phenoxy) is 1. The van der Waals surface area contributed by atoms with Crippen molar-refractivity contribution in [3.8, 4) is 0 Å². The van der Waals surface area contributed by atoms with Crippen LogP contribution in [0.2, 0.25) is 0 Å². The molecule has 0 aliphatic rings. The van der Waals surface area contributed by atoms with Crippen LogP contribution in [0.1, 0.15) is 240 Å². The summed E-state index contributed by atoms with van der Waals surface area (Å²) in [6, 6.07) is -0.868. The number of hydrogen-bond acceptors (Lipinski definition) is 4. The minimum absolute atomic E-state index is 0.121. The lowest BCUT2D eigenvalue weighted by Gasteiger charge is -2.25. The molecule has 0 aromatic rings. The Kier molecular flexibility index (Phi) is 33.7. The average Bonchev–Trinajstić information content (AvgIpc) is 3.05. The molecule has 2 N–H and O–H groups in total. The Balaban J connectivity index is 4.01. The zero-order valence-corrected chi connectivity index (χ0v) is 33.5. The first-order valence-electron chi connectivity index (χ1n) is 21.5. The molecule has 2 amide bonds. The SMILES string of the molecule is CCCCCCCCCCCCCCCCCC(=O)NC(COC(=O)CCCCCCCCCCCCCCCCC)C(=O)NC(C)(C)C. The molecule has 0 radical (unpaired) electrons. The molecule has 49 heavy (non-hydrogen) atoms. The zero-order chi connectivity index (χ0) is 36.3. The van der Waals surface area contributed by atoms with Crippen LogP contribution in [0.5, 0.6) is 0 Å². The molecule has 0 saturated carbocycles. The van der Waals surface area contributed by atoms with Gasteiger partial charge in [0.15, 0.2) is 0 Å². The second-order valence-electron chi connectivity index (χ2n) is 15.9. The van der Waals surface area contributed by atoms with Gasteiger partial charge in [-0.05, 0) is 33.6 Å². The summed E-state index contributed by atoms with van der Waals surface area (Å²) in [6.45, 7) is 10.1. The zero-order valence-electron chi connectivity index (χ0n) is 33.5. The van der Waals surface area contributed by atoms with E-state index in [-0.39, 0.29) is 24.4 Å². The maximum Gasteiger partial charge on any atom is 0.305 e. The Morgan fingerprint density at radius 1 is 0.469 bits per heavy atom. The Morgan fingerprint density at radius 3 is 1.10 bits per heavy atom. The highest BCUT2D eigenvalue weighted by Crippen LogP contribution is 2.15. The molecule has 6 heteroatoms. The molecule has 0 bridgehead atoms. The van der Waals surface area contributed by atoms with E-state index in [0.29, 0.717) is 12.8 Å². The predicted molar refractivity (Wildman–Crippen MR) is 210 cm³/mol. The number of carbonyl (C=O) groups is 3. The van der Waals surface area contributed by atoms with Crippen LogP contribution >= 0.6 is 0 Å². The van der Waals surface area contributed by atoms with Gasteiger partial charge < -0.3 is 15.4 Å². The number of rotatable bonds is 36. The number of nitrogens with one attached hydrogen (secondary N) is 2. The summed E-state index contributed by atoms with van der Waals surface area (Å²) in [5.41, 5.74) is -0.438. The number of esters is 1. The first-order valence-corrected chi connectivity index (χ1v) is 21.5. The molecule has 0 heterocycles. The minimum Gasteiger partial charge on any atom is -0.463 e. The highest BCUT2D eigenvalue weighted by molar-refractivity contribution is 5.88. The van der Waals surface area contributed by atoms with Gasteiger partial charge >= 0.3 is 5.97 Å². The van der Waals surface area contributed by atoms with Gasteiger partial charge in [0, 0.05) is 18.4 Å². The van der Waals surface area contributed by atoms with Crippen molar-refractivity contribution in [3.05, 3.63) is 0 Å². The van der Waals surface area contributed by atoms with E-state index in [2.05, 4.69) is 24.5 Å². The van der Waals surface area contributed by atoms with Crippen molar-refractivity contribution in [2.24, 2.45) is 0 Å². The molecule has 0 aromatic carbocycles. The van der Waals surface area contributed by atoms with Gasteiger partial charge in [0.05, 0.1) is 0 Å². The average molecular weight is 693 g/mol. The summed E-state index contributed by atoms with van der Waals surface area (Å²) >= 11 is 0. The van der Waals surface area contributed by atoms with Crippen molar-refractivity contribution in [3.63, 3.8) is 0 Å². The van der Waals surface area contributed by atoms with Crippen molar-refractivity contribution < 1.29 is 19.1 Å². The highest BCUT2D eigenvalue weighted by atomic mass is 16.5. The molecule has 1 unspecified atom stereocenters. The van der Waals surface area contributed by atoms with Gasteiger partial charge in [-0.15, -0.1) is 0 Å². The molecule has 0 spiro atoms. The fourth-order valence-corrected chi connectivity index (χ4v) is 6.45. The summed E-state index contributed by atoms with van der Waals surface area (Å²) in [4.78, 5) is 38.0. The normalized spacial score (nSPS) is 12.2. The number of hydrogen-bond donors (Lipinski definition) is 2. The van der Waals surface area contributed by atoms with Gasteiger partial charge in [0.25, 0.3) is 0 Å². The fourth-order valence-electron chi connectivity index (χ4n) is 6.45. The lowest BCUT2D eigenvalue weighted by molar-refractivity contribution is -0.146. The van der Waals surface area contributed by atoms with E-state index in [1.54, 1.807) is 0 Å².